The molecule has 0 atom stereocenters. The summed E-state index contributed by atoms with van der Waals surface area (Å²) in [5.74, 6) is -0.397. The zero-order valence-electron chi connectivity index (χ0n) is 12.3. The highest BCUT2D eigenvalue weighted by atomic mass is 32.1. The number of halogens is 1. The topological polar surface area (TPSA) is 52.2 Å². The van der Waals surface area contributed by atoms with E-state index < -0.39 is 0 Å². The van der Waals surface area contributed by atoms with Crippen molar-refractivity contribution in [3.05, 3.63) is 47.4 Å². The van der Waals surface area contributed by atoms with E-state index in [0.29, 0.717) is 29.7 Å². The van der Waals surface area contributed by atoms with Crippen LogP contribution in [0.15, 0.2) is 35.8 Å². The highest BCUT2D eigenvalue weighted by molar-refractivity contribution is 7.13. The molecule has 4 rings (SSSR count). The summed E-state index contributed by atoms with van der Waals surface area (Å²) in [5.41, 5.74) is 1.09. The molecule has 1 aliphatic rings. The van der Waals surface area contributed by atoms with Crippen molar-refractivity contribution < 1.29 is 9.18 Å². The predicted molar refractivity (Wildman–Crippen MR) is 88.5 cm³/mol. The number of rotatable bonds is 2. The second kappa shape index (κ2) is 5.66. The Bertz CT molecular complexity index is 837. The van der Waals surface area contributed by atoms with E-state index in [1.807, 2.05) is 5.38 Å². The van der Waals surface area contributed by atoms with Crippen LogP contribution >= 0.6 is 11.3 Å². The van der Waals surface area contributed by atoms with Crippen LogP contribution in [0.4, 0.5) is 9.52 Å². The summed E-state index contributed by atoms with van der Waals surface area (Å²) in [5, 5.41) is 3.40. The van der Waals surface area contributed by atoms with Gasteiger partial charge >= 0.3 is 0 Å². The van der Waals surface area contributed by atoms with E-state index >= 15 is 0 Å². The van der Waals surface area contributed by atoms with Gasteiger partial charge in [-0.2, -0.15) is 0 Å². The molecule has 2 aromatic heterocycles. The van der Waals surface area contributed by atoms with Gasteiger partial charge in [0, 0.05) is 48.7 Å². The van der Waals surface area contributed by atoms with E-state index in [1.54, 1.807) is 40.6 Å². The molecule has 0 saturated carbocycles. The van der Waals surface area contributed by atoms with Crippen LogP contribution in [-0.2, 0) is 0 Å². The van der Waals surface area contributed by atoms with Crippen molar-refractivity contribution >= 4 is 33.3 Å². The lowest BCUT2D eigenvalue weighted by molar-refractivity contribution is 0.0742. The van der Waals surface area contributed by atoms with Crippen molar-refractivity contribution in [2.24, 2.45) is 0 Å². The van der Waals surface area contributed by atoms with Gasteiger partial charge in [-0.3, -0.25) is 4.79 Å². The number of anilines is 1. The van der Waals surface area contributed by atoms with E-state index in [4.69, 9.17) is 0 Å². The molecule has 1 saturated heterocycles. The Hall–Kier alpha value is -2.41. The number of H-pyrrole nitrogens is 1. The van der Waals surface area contributed by atoms with Gasteiger partial charge in [0.25, 0.3) is 5.91 Å². The molecule has 0 aliphatic carbocycles. The van der Waals surface area contributed by atoms with Gasteiger partial charge < -0.3 is 14.8 Å². The fraction of sp³-hybridized carbons (Fsp3) is 0.250. The summed E-state index contributed by atoms with van der Waals surface area (Å²) >= 11 is 1.60. The molecule has 1 N–H and O–H groups in total. The van der Waals surface area contributed by atoms with E-state index in [0.717, 1.165) is 18.2 Å². The Morgan fingerprint density at radius 2 is 2.09 bits per heavy atom. The van der Waals surface area contributed by atoms with E-state index in [-0.39, 0.29) is 11.7 Å². The average molecular weight is 330 g/mol. The number of hydrogen-bond acceptors (Lipinski definition) is 4. The number of nitrogens with one attached hydrogen (secondary N) is 1. The van der Waals surface area contributed by atoms with E-state index in [1.165, 1.54) is 6.07 Å². The first-order valence-electron chi connectivity index (χ1n) is 7.43. The van der Waals surface area contributed by atoms with Crippen molar-refractivity contribution in [1.82, 2.24) is 14.9 Å². The maximum Gasteiger partial charge on any atom is 0.270 e. The Morgan fingerprint density at radius 3 is 2.78 bits per heavy atom. The summed E-state index contributed by atoms with van der Waals surface area (Å²) < 4.78 is 13.8. The van der Waals surface area contributed by atoms with Crippen LogP contribution < -0.4 is 4.90 Å². The lowest BCUT2D eigenvalue weighted by atomic mass is 10.2. The Balaban J connectivity index is 1.50. The third-order valence-electron chi connectivity index (χ3n) is 4.10. The minimum absolute atomic E-state index is 0.0839. The van der Waals surface area contributed by atoms with Crippen molar-refractivity contribution in [3.63, 3.8) is 0 Å². The monoisotopic (exact) mass is 330 g/mol. The van der Waals surface area contributed by atoms with Crippen LogP contribution in [0.2, 0.25) is 0 Å². The molecule has 3 heterocycles. The maximum absolute atomic E-state index is 13.8. The molecule has 0 radical (unpaired) electrons. The number of hydrogen-bond donors (Lipinski definition) is 1. The normalized spacial score (nSPS) is 15.3. The predicted octanol–water partition coefficient (Wildman–Crippen LogP) is 2.73. The minimum Gasteiger partial charge on any atom is -0.350 e. The average Bonchev–Trinajstić information content (AvgIpc) is 3.24. The summed E-state index contributed by atoms with van der Waals surface area (Å²) in [4.78, 5) is 23.9. The van der Waals surface area contributed by atoms with Gasteiger partial charge in [-0.05, 0) is 18.2 Å². The van der Waals surface area contributed by atoms with E-state index in [9.17, 15) is 9.18 Å². The third-order valence-corrected chi connectivity index (χ3v) is 4.93. The number of carbonyl (C=O) groups is 1. The Kier molecular flexibility index (Phi) is 3.49. The molecule has 7 heteroatoms. The highest BCUT2D eigenvalue weighted by Gasteiger charge is 2.24. The number of nitrogens with zero attached hydrogens (tertiary/aromatic N) is 3. The first-order valence-corrected chi connectivity index (χ1v) is 8.31. The number of aromatic nitrogens is 2. The number of benzene rings is 1. The lowest BCUT2D eigenvalue weighted by Crippen LogP contribution is -2.48. The van der Waals surface area contributed by atoms with Crippen LogP contribution in [-0.4, -0.2) is 47.0 Å². The molecule has 1 amide bonds. The molecule has 118 valence electrons. The first-order chi connectivity index (χ1) is 11.2. The molecule has 0 spiro atoms. The minimum atomic E-state index is -0.314. The largest absolute Gasteiger partial charge is 0.350 e. The summed E-state index contributed by atoms with van der Waals surface area (Å²) in [6.07, 6.45) is 1.79. The number of thiazole rings is 1. The first kappa shape index (κ1) is 14.2. The van der Waals surface area contributed by atoms with E-state index in [2.05, 4.69) is 14.9 Å². The summed E-state index contributed by atoms with van der Waals surface area (Å²) in [6.45, 7) is 2.79. The fourth-order valence-electron chi connectivity index (χ4n) is 2.88. The molecule has 5 nitrogen and oxygen atoms in total. The van der Waals surface area contributed by atoms with Crippen molar-refractivity contribution in [2.75, 3.05) is 31.1 Å². The van der Waals surface area contributed by atoms with Crippen LogP contribution in [0.3, 0.4) is 0 Å². The zero-order chi connectivity index (χ0) is 15.8. The van der Waals surface area contributed by atoms with Crippen molar-refractivity contribution in [1.29, 1.82) is 0 Å². The van der Waals surface area contributed by atoms with Crippen LogP contribution in [0, 0.1) is 5.82 Å². The maximum atomic E-state index is 13.8. The SMILES string of the molecule is O=C(c1cc2c(F)cccc2[nH]1)N1CCN(c2nccs2)CC1. The number of piperazine rings is 1. The summed E-state index contributed by atoms with van der Waals surface area (Å²) in [7, 11) is 0. The molecule has 0 unspecified atom stereocenters. The van der Waals surface area contributed by atoms with Crippen molar-refractivity contribution in [2.45, 2.75) is 0 Å². The lowest BCUT2D eigenvalue weighted by Gasteiger charge is -2.34. The fourth-order valence-corrected chi connectivity index (χ4v) is 3.57. The number of amides is 1. The van der Waals surface area contributed by atoms with Crippen molar-refractivity contribution in [3.8, 4) is 0 Å². The number of aromatic amines is 1. The van der Waals surface area contributed by atoms with Crippen LogP contribution in [0.5, 0.6) is 0 Å². The van der Waals surface area contributed by atoms with Crippen LogP contribution in [0.1, 0.15) is 10.5 Å². The number of fused-ring (bicyclic) bond motifs is 1. The molecule has 23 heavy (non-hydrogen) atoms. The Morgan fingerprint density at radius 1 is 1.26 bits per heavy atom. The molecule has 1 aliphatic heterocycles. The number of carbonyl (C=O) groups excluding carboxylic acids is 1. The molecule has 3 aromatic rings. The van der Waals surface area contributed by atoms with Gasteiger partial charge in [0.15, 0.2) is 5.13 Å². The standard InChI is InChI=1S/C16H15FN4OS/c17-12-2-1-3-13-11(12)10-14(19-13)15(22)20-5-7-21(8-6-20)16-18-4-9-23-16/h1-4,9-10,19H,5-8H2. The van der Waals surface area contributed by atoms with Gasteiger partial charge in [-0.25, -0.2) is 9.37 Å². The molecular formula is C16H15FN4OS. The van der Waals surface area contributed by atoms with Gasteiger partial charge in [-0.15, -0.1) is 11.3 Å². The summed E-state index contributed by atoms with van der Waals surface area (Å²) in [6, 6.07) is 6.41. The van der Waals surface area contributed by atoms with Gasteiger partial charge in [-0.1, -0.05) is 6.07 Å². The molecular weight excluding hydrogens is 315 g/mol. The van der Waals surface area contributed by atoms with Crippen LogP contribution in [0.25, 0.3) is 10.9 Å². The quantitative estimate of drug-likeness (QED) is 0.786. The second-order valence-electron chi connectivity index (χ2n) is 5.48. The molecule has 1 fully saturated rings. The molecule has 0 bridgehead atoms. The van der Waals surface area contributed by atoms with Gasteiger partial charge in [0.1, 0.15) is 11.5 Å². The third kappa shape index (κ3) is 2.57. The second-order valence-corrected chi connectivity index (χ2v) is 6.35. The van der Waals surface area contributed by atoms with Gasteiger partial charge in [0.2, 0.25) is 0 Å². The molecule has 1 aromatic carbocycles. The smallest absolute Gasteiger partial charge is 0.270 e. The zero-order valence-corrected chi connectivity index (χ0v) is 13.1. The highest BCUT2D eigenvalue weighted by Crippen LogP contribution is 2.22. The van der Waals surface area contributed by atoms with Gasteiger partial charge in [0.05, 0.1) is 0 Å². The Labute approximate surface area is 136 Å².